The summed E-state index contributed by atoms with van der Waals surface area (Å²) in [6.45, 7) is 1.15. The highest BCUT2D eigenvalue weighted by molar-refractivity contribution is 5.18. The van der Waals surface area contributed by atoms with Crippen LogP contribution in [-0.2, 0) is 5.54 Å². The molecule has 1 saturated carbocycles. The minimum absolute atomic E-state index is 0.159. The fourth-order valence-corrected chi connectivity index (χ4v) is 2.36. The van der Waals surface area contributed by atoms with Gasteiger partial charge in [-0.3, -0.25) is 0 Å². The molecule has 2 bridgehead atoms. The first kappa shape index (κ1) is 6.54. The average molecular weight is 161 g/mol. The first-order valence-corrected chi connectivity index (χ1v) is 4.42. The van der Waals surface area contributed by atoms with Gasteiger partial charge in [0.1, 0.15) is 5.82 Å². The molecule has 3 aliphatic rings. The Hall–Kier alpha value is -0.960. The van der Waals surface area contributed by atoms with Gasteiger partial charge in [-0.2, -0.15) is 0 Å². The summed E-state index contributed by atoms with van der Waals surface area (Å²) in [7, 11) is 0. The van der Waals surface area contributed by atoms with E-state index < -0.39 is 0 Å². The fourth-order valence-electron chi connectivity index (χ4n) is 2.36. The van der Waals surface area contributed by atoms with Gasteiger partial charge in [-0.15, -0.1) is 0 Å². The topological polar surface area (TPSA) is 37.8 Å². The maximum absolute atomic E-state index is 4.30. The molecule has 0 radical (unpaired) electrons. The molecule has 2 aliphatic heterocycles. The molecule has 62 valence electrons. The third-order valence-electron chi connectivity index (χ3n) is 3.00. The molecule has 1 aliphatic carbocycles. The lowest BCUT2D eigenvalue weighted by Gasteiger charge is -2.35. The second-order valence-electron chi connectivity index (χ2n) is 3.81. The van der Waals surface area contributed by atoms with Crippen LogP contribution in [0.3, 0.4) is 0 Å². The van der Waals surface area contributed by atoms with Gasteiger partial charge in [0, 0.05) is 12.4 Å². The number of nitrogens with zero attached hydrogens (tertiary/aromatic N) is 2. The third kappa shape index (κ3) is 0.693. The Morgan fingerprint density at radius 2 is 2.08 bits per heavy atom. The van der Waals surface area contributed by atoms with Crippen molar-refractivity contribution >= 4 is 0 Å². The van der Waals surface area contributed by atoms with E-state index in [9.17, 15) is 0 Å². The van der Waals surface area contributed by atoms with Crippen LogP contribution in [0, 0.1) is 5.92 Å². The van der Waals surface area contributed by atoms with Gasteiger partial charge in [0.05, 0.1) is 5.54 Å². The average Bonchev–Trinajstić information content (AvgIpc) is 2.63. The molecule has 1 N–H and O–H groups in total. The molecule has 1 aromatic rings. The normalized spacial score (nSPS) is 37.8. The molecule has 3 heteroatoms. The summed E-state index contributed by atoms with van der Waals surface area (Å²) in [5.41, 5.74) is 0.159. The molecule has 0 amide bonds. The van der Waals surface area contributed by atoms with Crippen LogP contribution in [0.4, 0.5) is 0 Å². The van der Waals surface area contributed by atoms with E-state index in [-0.39, 0.29) is 5.54 Å². The van der Waals surface area contributed by atoms with Crippen LogP contribution in [-0.4, -0.2) is 16.5 Å². The number of hydrogen-bond acceptors (Lipinski definition) is 3. The zero-order valence-electron chi connectivity index (χ0n) is 6.83. The molecule has 1 aromatic heterocycles. The van der Waals surface area contributed by atoms with Crippen molar-refractivity contribution in [3.8, 4) is 0 Å². The Balaban J connectivity index is 1.99. The van der Waals surface area contributed by atoms with Gasteiger partial charge in [-0.25, -0.2) is 9.97 Å². The molecular weight excluding hydrogens is 150 g/mol. The monoisotopic (exact) mass is 161 g/mol. The molecular formula is C9H11N3. The van der Waals surface area contributed by atoms with Crippen molar-refractivity contribution in [2.45, 2.75) is 18.4 Å². The van der Waals surface area contributed by atoms with E-state index in [0.29, 0.717) is 0 Å². The maximum atomic E-state index is 4.30. The number of aromatic nitrogens is 2. The minimum Gasteiger partial charge on any atom is -0.304 e. The zero-order chi connectivity index (χ0) is 8.02. The van der Waals surface area contributed by atoms with Crippen molar-refractivity contribution in [1.82, 2.24) is 15.3 Å². The van der Waals surface area contributed by atoms with E-state index >= 15 is 0 Å². The van der Waals surface area contributed by atoms with Gasteiger partial charge in [-0.1, -0.05) is 0 Å². The van der Waals surface area contributed by atoms with Crippen LogP contribution in [0.1, 0.15) is 18.7 Å². The van der Waals surface area contributed by atoms with Crippen LogP contribution in [0.5, 0.6) is 0 Å². The summed E-state index contributed by atoms with van der Waals surface area (Å²) < 4.78 is 0. The van der Waals surface area contributed by atoms with Crippen molar-refractivity contribution in [2.24, 2.45) is 5.92 Å². The van der Waals surface area contributed by atoms with Gasteiger partial charge in [0.25, 0.3) is 0 Å². The summed E-state index contributed by atoms with van der Waals surface area (Å²) >= 11 is 0. The fraction of sp³-hybridized carbons (Fsp3) is 0.556. The number of fused-ring (bicyclic) bond motifs is 1. The first-order valence-electron chi connectivity index (χ1n) is 4.42. The second-order valence-corrected chi connectivity index (χ2v) is 3.81. The third-order valence-corrected chi connectivity index (χ3v) is 3.00. The van der Waals surface area contributed by atoms with Crippen molar-refractivity contribution in [3.05, 3.63) is 24.3 Å². The van der Waals surface area contributed by atoms with Crippen LogP contribution < -0.4 is 5.32 Å². The molecule has 3 nitrogen and oxygen atoms in total. The largest absolute Gasteiger partial charge is 0.304 e. The predicted octanol–water partition coefficient (Wildman–Crippen LogP) is 0.685. The standard InChI is InChI=1S/C9H11N3/c1-2-10-8(11-3-1)9-4-7(5-9)6-12-9/h1-3,7,12H,4-6H2. The van der Waals surface area contributed by atoms with Gasteiger partial charge in [-0.05, 0) is 31.4 Å². The van der Waals surface area contributed by atoms with Gasteiger partial charge in [0.2, 0.25) is 0 Å². The number of hydrogen-bond donors (Lipinski definition) is 1. The molecule has 0 spiro atoms. The summed E-state index contributed by atoms with van der Waals surface area (Å²) in [4.78, 5) is 8.59. The first-order chi connectivity index (χ1) is 5.89. The molecule has 2 saturated heterocycles. The summed E-state index contributed by atoms with van der Waals surface area (Å²) in [6.07, 6.45) is 6.11. The SMILES string of the molecule is c1cnc(C23CC(CN2)C3)nc1. The lowest BCUT2D eigenvalue weighted by atomic mass is 9.73. The van der Waals surface area contributed by atoms with E-state index in [1.165, 1.54) is 12.8 Å². The smallest absolute Gasteiger partial charge is 0.148 e. The van der Waals surface area contributed by atoms with Crippen molar-refractivity contribution in [1.29, 1.82) is 0 Å². The molecule has 3 heterocycles. The van der Waals surface area contributed by atoms with Crippen LogP contribution in [0.2, 0.25) is 0 Å². The van der Waals surface area contributed by atoms with Crippen molar-refractivity contribution < 1.29 is 0 Å². The van der Waals surface area contributed by atoms with E-state index in [1.54, 1.807) is 0 Å². The lowest BCUT2D eigenvalue weighted by Crippen LogP contribution is -2.41. The highest BCUT2D eigenvalue weighted by atomic mass is 15.1. The second kappa shape index (κ2) is 2.04. The van der Waals surface area contributed by atoms with E-state index in [1.807, 2.05) is 18.5 Å². The Labute approximate surface area is 71.2 Å². The van der Waals surface area contributed by atoms with Crippen molar-refractivity contribution in [3.63, 3.8) is 0 Å². The number of nitrogens with one attached hydrogen (secondary N) is 1. The molecule has 0 aromatic carbocycles. The predicted molar refractivity (Wildman–Crippen MR) is 44.4 cm³/mol. The molecule has 0 atom stereocenters. The zero-order valence-corrected chi connectivity index (χ0v) is 6.83. The van der Waals surface area contributed by atoms with Gasteiger partial charge >= 0.3 is 0 Å². The van der Waals surface area contributed by atoms with Gasteiger partial charge < -0.3 is 5.32 Å². The minimum atomic E-state index is 0.159. The Morgan fingerprint density at radius 3 is 2.67 bits per heavy atom. The Kier molecular flexibility index (Phi) is 1.11. The summed E-state index contributed by atoms with van der Waals surface area (Å²) in [5, 5.41) is 3.50. The maximum Gasteiger partial charge on any atom is 0.148 e. The van der Waals surface area contributed by atoms with Crippen LogP contribution in [0.25, 0.3) is 0 Å². The highest BCUT2D eigenvalue weighted by Gasteiger charge is 2.53. The summed E-state index contributed by atoms with van der Waals surface area (Å²) in [5.74, 6) is 1.87. The lowest BCUT2D eigenvalue weighted by molar-refractivity contribution is 0.215. The number of rotatable bonds is 1. The van der Waals surface area contributed by atoms with Crippen LogP contribution >= 0.6 is 0 Å². The molecule has 12 heavy (non-hydrogen) atoms. The van der Waals surface area contributed by atoms with E-state index in [4.69, 9.17) is 0 Å². The highest BCUT2D eigenvalue weighted by Crippen LogP contribution is 2.49. The molecule has 4 rings (SSSR count). The molecule has 0 unspecified atom stereocenters. The van der Waals surface area contributed by atoms with Crippen LogP contribution in [0.15, 0.2) is 18.5 Å². The van der Waals surface area contributed by atoms with Crippen molar-refractivity contribution in [2.75, 3.05) is 6.54 Å². The van der Waals surface area contributed by atoms with E-state index in [2.05, 4.69) is 15.3 Å². The van der Waals surface area contributed by atoms with E-state index in [0.717, 1.165) is 18.3 Å². The Bertz CT molecular complexity index is 284. The Morgan fingerprint density at radius 1 is 1.33 bits per heavy atom. The molecule has 3 fully saturated rings. The van der Waals surface area contributed by atoms with Gasteiger partial charge in [0.15, 0.2) is 0 Å². The summed E-state index contributed by atoms with van der Waals surface area (Å²) in [6, 6.07) is 1.87. The quantitative estimate of drug-likeness (QED) is 0.658.